The number of nitrogens with two attached hydrogens (primary N) is 1. The summed E-state index contributed by atoms with van der Waals surface area (Å²) in [6.07, 6.45) is 0. The van der Waals surface area contributed by atoms with E-state index in [4.69, 9.17) is 21.8 Å². The molecule has 1 heterocycles. The second-order valence-corrected chi connectivity index (χ2v) is 6.61. The van der Waals surface area contributed by atoms with E-state index in [1.165, 1.54) is 0 Å². The van der Waals surface area contributed by atoms with Gasteiger partial charge in [0.15, 0.2) is 5.76 Å². The number of amides is 1. The quantitative estimate of drug-likeness (QED) is 0.565. The molecule has 0 unspecified atom stereocenters. The molecule has 122 valence electrons. The summed E-state index contributed by atoms with van der Waals surface area (Å²) < 4.78 is 6.48. The van der Waals surface area contributed by atoms with Gasteiger partial charge in [-0.3, -0.25) is 4.79 Å². The minimum absolute atomic E-state index is 0.225. The van der Waals surface area contributed by atoms with Crippen LogP contribution in [-0.4, -0.2) is 5.91 Å². The number of halogens is 2. The molecule has 0 atom stereocenters. The molecular formula is C18H14BrClN2O2. The lowest BCUT2D eigenvalue weighted by Crippen LogP contribution is -2.11. The van der Waals surface area contributed by atoms with Gasteiger partial charge >= 0.3 is 0 Å². The van der Waals surface area contributed by atoms with Crippen LogP contribution in [-0.2, 0) is 0 Å². The lowest BCUT2D eigenvalue weighted by Gasteiger charge is -2.07. The van der Waals surface area contributed by atoms with Crippen LogP contribution >= 0.6 is 27.5 Å². The minimum Gasteiger partial charge on any atom is -0.451 e. The fourth-order valence-corrected chi connectivity index (χ4v) is 3.18. The number of hydrogen-bond donors (Lipinski definition) is 2. The molecular weight excluding hydrogens is 392 g/mol. The standard InChI is InChI=1S/C18H14BrClN2O2/c1-10-8-12(21)3-5-15(10)22-18(23)17-7-6-16(24-17)13-4-2-11(20)9-14(13)19/h2-9H,21H2,1H3,(H,22,23). The highest BCUT2D eigenvalue weighted by Gasteiger charge is 2.15. The van der Waals surface area contributed by atoms with E-state index in [0.717, 1.165) is 15.6 Å². The Labute approximate surface area is 152 Å². The van der Waals surface area contributed by atoms with Crippen molar-refractivity contribution >= 4 is 44.8 Å². The molecule has 0 bridgehead atoms. The lowest BCUT2D eigenvalue weighted by atomic mass is 10.2. The molecule has 4 nitrogen and oxygen atoms in total. The highest BCUT2D eigenvalue weighted by Crippen LogP contribution is 2.32. The van der Waals surface area contributed by atoms with E-state index in [2.05, 4.69) is 21.2 Å². The molecule has 0 aliphatic carbocycles. The van der Waals surface area contributed by atoms with Crippen molar-refractivity contribution in [3.63, 3.8) is 0 Å². The van der Waals surface area contributed by atoms with Crippen LogP contribution in [0, 0.1) is 6.92 Å². The van der Waals surface area contributed by atoms with E-state index in [9.17, 15) is 4.79 Å². The first kappa shape index (κ1) is 16.6. The van der Waals surface area contributed by atoms with Gasteiger partial charge in [0.2, 0.25) is 0 Å². The van der Waals surface area contributed by atoms with Crippen LogP contribution in [0.5, 0.6) is 0 Å². The third-order valence-corrected chi connectivity index (χ3v) is 4.42. The molecule has 0 aliphatic rings. The molecule has 0 aliphatic heterocycles. The van der Waals surface area contributed by atoms with Gasteiger partial charge in [0.25, 0.3) is 5.91 Å². The Morgan fingerprint density at radius 1 is 1.17 bits per heavy atom. The fraction of sp³-hybridized carbons (Fsp3) is 0.0556. The van der Waals surface area contributed by atoms with E-state index in [1.54, 1.807) is 42.5 Å². The number of carbonyl (C=O) groups is 1. The molecule has 3 N–H and O–H groups in total. The molecule has 1 aromatic heterocycles. The minimum atomic E-state index is -0.320. The van der Waals surface area contributed by atoms with Crippen molar-refractivity contribution < 1.29 is 9.21 Å². The zero-order chi connectivity index (χ0) is 17.3. The Bertz CT molecular complexity index is 921. The van der Waals surface area contributed by atoms with Crippen LogP contribution in [0.25, 0.3) is 11.3 Å². The number of rotatable bonds is 3. The summed E-state index contributed by atoms with van der Waals surface area (Å²) in [4.78, 5) is 12.4. The average Bonchev–Trinajstić information content (AvgIpc) is 3.00. The summed E-state index contributed by atoms with van der Waals surface area (Å²) in [5.74, 6) is 0.486. The third kappa shape index (κ3) is 3.47. The second kappa shape index (κ2) is 6.71. The van der Waals surface area contributed by atoms with Crippen LogP contribution < -0.4 is 11.1 Å². The molecule has 0 saturated heterocycles. The van der Waals surface area contributed by atoms with Gasteiger partial charge < -0.3 is 15.5 Å². The van der Waals surface area contributed by atoms with Crippen LogP contribution in [0.2, 0.25) is 5.02 Å². The Balaban J connectivity index is 1.83. The van der Waals surface area contributed by atoms with Gasteiger partial charge in [-0.15, -0.1) is 0 Å². The monoisotopic (exact) mass is 404 g/mol. The highest BCUT2D eigenvalue weighted by molar-refractivity contribution is 9.10. The third-order valence-electron chi connectivity index (χ3n) is 3.53. The van der Waals surface area contributed by atoms with E-state index in [0.29, 0.717) is 22.2 Å². The Morgan fingerprint density at radius 2 is 1.96 bits per heavy atom. The van der Waals surface area contributed by atoms with Crippen LogP contribution in [0.4, 0.5) is 11.4 Å². The molecule has 2 aromatic carbocycles. The van der Waals surface area contributed by atoms with Crippen molar-refractivity contribution in [3.8, 4) is 11.3 Å². The zero-order valence-electron chi connectivity index (χ0n) is 12.8. The van der Waals surface area contributed by atoms with E-state index >= 15 is 0 Å². The van der Waals surface area contributed by atoms with Gasteiger partial charge in [0.05, 0.1) is 0 Å². The molecule has 0 spiro atoms. The normalized spacial score (nSPS) is 10.6. The molecule has 0 radical (unpaired) electrons. The number of carbonyl (C=O) groups excluding carboxylic acids is 1. The molecule has 3 rings (SSSR count). The number of aryl methyl sites for hydroxylation is 1. The number of nitrogen functional groups attached to an aromatic ring is 1. The van der Waals surface area contributed by atoms with Gasteiger partial charge in [-0.05, 0) is 76.9 Å². The Kier molecular flexibility index (Phi) is 4.64. The second-order valence-electron chi connectivity index (χ2n) is 5.32. The van der Waals surface area contributed by atoms with Crippen LogP contribution in [0.1, 0.15) is 16.1 Å². The topological polar surface area (TPSA) is 68.3 Å². The van der Waals surface area contributed by atoms with Crippen LogP contribution in [0.15, 0.2) is 57.4 Å². The maximum atomic E-state index is 12.4. The molecule has 0 saturated carbocycles. The van der Waals surface area contributed by atoms with Crippen molar-refractivity contribution in [3.05, 3.63) is 69.3 Å². The smallest absolute Gasteiger partial charge is 0.291 e. The number of nitrogens with one attached hydrogen (secondary N) is 1. The van der Waals surface area contributed by atoms with Crippen molar-refractivity contribution in [1.82, 2.24) is 0 Å². The van der Waals surface area contributed by atoms with Crippen LogP contribution in [0.3, 0.4) is 0 Å². The van der Waals surface area contributed by atoms with Crippen molar-refractivity contribution in [1.29, 1.82) is 0 Å². The maximum absolute atomic E-state index is 12.4. The predicted molar refractivity (Wildman–Crippen MR) is 100 cm³/mol. The van der Waals surface area contributed by atoms with Gasteiger partial charge in [-0.2, -0.15) is 0 Å². The van der Waals surface area contributed by atoms with Crippen molar-refractivity contribution in [2.75, 3.05) is 11.1 Å². The number of benzene rings is 2. The maximum Gasteiger partial charge on any atom is 0.291 e. The summed E-state index contributed by atoms with van der Waals surface area (Å²) >= 11 is 9.39. The SMILES string of the molecule is Cc1cc(N)ccc1NC(=O)c1ccc(-c2ccc(Cl)cc2Br)o1. The van der Waals surface area contributed by atoms with Gasteiger partial charge in [0, 0.05) is 26.4 Å². The summed E-state index contributed by atoms with van der Waals surface area (Å²) in [7, 11) is 0. The van der Waals surface area contributed by atoms with Gasteiger partial charge in [-0.1, -0.05) is 11.6 Å². The zero-order valence-corrected chi connectivity index (χ0v) is 15.1. The van der Waals surface area contributed by atoms with E-state index in [1.807, 2.05) is 13.0 Å². The largest absolute Gasteiger partial charge is 0.451 e. The summed E-state index contributed by atoms with van der Waals surface area (Å²) in [6.45, 7) is 1.88. The van der Waals surface area contributed by atoms with Gasteiger partial charge in [0.1, 0.15) is 5.76 Å². The van der Waals surface area contributed by atoms with Crippen molar-refractivity contribution in [2.45, 2.75) is 6.92 Å². The Morgan fingerprint density at radius 3 is 2.67 bits per heavy atom. The lowest BCUT2D eigenvalue weighted by molar-refractivity contribution is 0.0997. The highest BCUT2D eigenvalue weighted by atomic mass is 79.9. The molecule has 6 heteroatoms. The van der Waals surface area contributed by atoms with Gasteiger partial charge in [-0.25, -0.2) is 0 Å². The molecule has 3 aromatic rings. The summed E-state index contributed by atoms with van der Waals surface area (Å²) in [5, 5.41) is 3.44. The predicted octanol–water partition coefficient (Wildman–Crippen LogP) is 5.51. The van der Waals surface area contributed by atoms with Crippen molar-refractivity contribution in [2.24, 2.45) is 0 Å². The first-order valence-electron chi connectivity index (χ1n) is 7.17. The molecule has 24 heavy (non-hydrogen) atoms. The number of furan rings is 1. The number of anilines is 2. The summed E-state index contributed by atoms with van der Waals surface area (Å²) in [6, 6.07) is 14.1. The Hall–Kier alpha value is -2.24. The number of hydrogen-bond acceptors (Lipinski definition) is 3. The average molecular weight is 406 g/mol. The molecule has 0 fully saturated rings. The first-order valence-corrected chi connectivity index (χ1v) is 8.34. The molecule has 1 amide bonds. The first-order chi connectivity index (χ1) is 11.4. The van der Waals surface area contributed by atoms with E-state index in [-0.39, 0.29) is 11.7 Å². The van der Waals surface area contributed by atoms with E-state index < -0.39 is 0 Å². The summed E-state index contributed by atoms with van der Waals surface area (Å²) in [5.41, 5.74) is 8.77. The fourth-order valence-electron chi connectivity index (χ4n) is 2.31.